The Labute approximate surface area is 109 Å². The third kappa shape index (κ3) is 2.78. The molecule has 0 atom stereocenters. The van der Waals surface area contributed by atoms with Gasteiger partial charge in [-0.05, 0) is 11.6 Å². The summed E-state index contributed by atoms with van der Waals surface area (Å²) in [6.45, 7) is 0.279. The van der Waals surface area contributed by atoms with Crippen molar-refractivity contribution in [2.75, 3.05) is 0 Å². The minimum atomic E-state index is -1.16. The molecule has 5 heteroatoms. The molecule has 2 aromatic rings. The van der Waals surface area contributed by atoms with Crippen molar-refractivity contribution in [1.82, 2.24) is 4.98 Å². The SMILES string of the molecule is O=C(O)c1c(OCc2ccccc2)ccnc1Cl. The maximum Gasteiger partial charge on any atom is 0.342 e. The summed E-state index contributed by atoms with van der Waals surface area (Å²) >= 11 is 5.73. The third-order valence-corrected chi connectivity index (χ3v) is 2.60. The van der Waals surface area contributed by atoms with Crippen LogP contribution < -0.4 is 4.74 Å². The van der Waals surface area contributed by atoms with E-state index in [-0.39, 0.29) is 23.1 Å². The van der Waals surface area contributed by atoms with E-state index >= 15 is 0 Å². The third-order valence-electron chi connectivity index (χ3n) is 2.32. The van der Waals surface area contributed by atoms with Gasteiger partial charge in [0.25, 0.3) is 0 Å². The predicted octanol–water partition coefficient (Wildman–Crippen LogP) is 3.01. The van der Waals surface area contributed by atoms with Gasteiger partial charge in [-0.15, -0.1) is 0 Å². The second-order valence-electron chi connectivity index (χ2n) is 3.55. The van der Waals surface area contributed by atoms with Crippen molar-refractivity contribution in [2.24, 2.45) is 0 Å². The van der Waals surface area contributed by atoms with Gasteiger partial charge in [0.15, 0.2) is 0 Å². The van der Waals surface area contributed by atoms with Crippen LogP contribution in [0.4, 0.5) is 0 Å². The summed E-state index contributed by atoms with van der Waals surface area (Å²) in [4.78, 5) is 14.8. The van der Waals surface area contributed by atoms with Crippen LogP contribution in [0, 0.1) is 0 Å². The highest BCUT2D eigenvalue weighted by atomic mass is 35.5. The average molecular weight is 264 g/mol. The quantitative estimate of drug-likeness (QED) is 0.862. The summed E-state index contributed by atoms with van der Waals surface area (Å²) in [6, 6.07) is 10.9. The van der Waals surface area contributed by atoms with Crippen LogP contribution in [0.25, 0.3) is 0 Å². The lowest BCUT2D eigenvalue weighted by atomic mass is 10.2. The molecule has 0 radical (unpaired) electrons. The summed E-state index contributed by atoms with van der Waals surface area (Å²) in [6.07, 6.45) is 1.41. The first-order chi connectivity index (χ1) is 8.68. The number of halogens is 1. The van der Waals surface area contributed by atoms with Gasteiger partial charge in [-0.3, -0.25) is 0 Å². The van der Waals surface area contributed by atoms with E-state index in [1.165, 1.54) is 12.3 Å². The summed E-state index contributed by atoms with van der Waals surface area (Å²) in [5, 5.41) is 8.96. The van der Waals surface area contributed by atoms with Gasteiger partial charge in [0, 0.05) is 6.20 Å². The number of carboxylic acids is 1. The first-order valence-corrected chi connectivity index (χ1v) is 5.61. The van der Waals surface area contributed by atoms with Crippen molar-refractivity contribution >= 4 is 17.6 Å². The van der Waals surface area contributed by atoms with Crippen LogP contribution in [0.15, 0.2) is 42.6 Å². The molecule has 2 rings (SSSR count). The monoisotopic (exact) mass is 263 g/mol. The molecule has 0 spiro atoms. The van der Waals surface area contributed by atoms with Crippen molar-refractivity contribution in [3.63, 3.8) is 0 Å². The zero-order chi connectivity index (χ0) is 13.0. The van der Waals surface area contributed by atoms with Crippen LogP contribution >= 0.6 is 11.6 Å². The largest absolute Gasteiger partial charge is 0.488 e. The number of carbonyl (C=O) groups is 1. The summed E-state index contributed by atoms with van der Waals surface area (Å²) in [7, 11) is 0. The highest BCUT2D eigenvalue weighted by molar-refractivity contribution is 6.32. The number of hydrogen-bond donors (Lipinski definition) is 1. The second-order valence-corrected chi connectivity index (χ2v) is 3.91. The molecule has 0 saturated heterocycles. The van der Waals surface area contributed by atoms with E-state index < -0.39 is 5.97 Å². The highest BCUT2D eigenvalue weighted by Gasteiger charge is 2.16. The number of carboxylic acid groups (broad SMARTS) is 1. The van der Waals surface area contributed by atoms with Gasteiger partial charge in [0.1, 0.15) is 23.1 Å². The summed E-state index contributed by atoms with van der Waals surface area (Å²) in [5.41, 5.74) is 0.830. The molecular weight excluding hydrogens is 254 g/mol. The van der Waals surface area contributed by atoms with Crippen molar-refractivity contribution < 1.29 is 14.6 Å². The fraction of sp³-hybridized carbons (Fsp3) is 0.0769. The van der Waals surface area contributed by atoms with Gasteiger partial charge in [0.2, 0.25) is 0 Å². The van der Waals surface area contributed by atoms with E-state index in [9.17, 15) is 4.79 Å². The van der Waals surface area contributed by atoms with E-state index in [4.69, 9.17) is 21.4 Å². The maximum atomic E-state index is 11.0. The number of rotatable bonds is 4. The zero-order valence-corrected chi connectivity index (χ0v) is 10.1. The Hall–Kier alpha value is -2.07. The smallest absolute Gasteiger partial charge is 0.342 e. The molecule has 0 aliphatic carbocycles. The lowest BCUT2D eigenvalue weighted by molar-refractivity contribution is 0.0691. The minimum absolute atomic E-state index is 0.0759. The fourth-order valence-corrected chi connectivity index (χ4v) is 1.70. The Balaban J connectivity index is 2.20. The van der Waals surface area contributed by atoms with E-state index in [2.05, 4.69) is 4.98 Å². The van der Waals surface area contributed by atoms with Crippen LogP contribution in [-0.2, 0) is 6.61 Å². The predicted molar refractivity (Wildman–Crippen MR) is 67.0 cm³/mol. The summed E-state index contributed by atoms with van der Waals surface area (Å²) < 4.78 is 5.46. The molecular formula is C13H10ClNO3. The molecule has 0 aliphatic heterocycles. The van der Waals surface area contributed by atoms with Crippen LogP contribution in [0.1, 0.15) is 15.9 Å². The van der Waals surface area contributed by atoms with Crippen molar-refractivity contribution in [2.45, 2.75) is 6.61 Å². The lowest BCUT2D eigenvalue weighted by Crippen LogP contribution is -2.05. The van der Waals surface area contributed by atoms with Crippen molar-refractivity contribution in [3.8, 4) is 5.75 Å². The number of pyridine rings is 1. The molecule has 1 aromatic carbocycles. The van der Waals surface area contributed by atoms with Gasteiger partial charge in [-0.1, -0.05) is 41.9 Å². The van der Waals surface area contributed by atoms with Crippen LogP contribution in [-0.4, -0.2) is 16.1 Å². The molecule has 0 bridgehead atoms. The molecule has 1 aromatic heterocycles. The Morgan fingerprint density at radius 3 is 2.67 bits per heavy atom. The molecule has 0 fully saturated rings. The van der Waals surface area contributed by atoms with Gasteiger partial charge >= 0.3 is 5.97 Å². The van der Waals surface area contributed by atoms with Crippen LogP contribution in [0.5, 0.6) is 5.75 Å². The average Bonchev–Trinajstić information content (AvgIpc) is 2.37. The minimum Gasteiger partial charge on any atom is -0.488 e. The number of nitrogens with zero attached hydrogens (tertiary/aromatic N) is 1. The zero-order valence-electron chi connectivity index (χ0n) is 9.34. The molecule has 0 aliphatic rings. The Morgan fingerprint density at radius 1 is 1.28 bits per heavy atom. The normalized spacial score (nSPS) is 10.1. The Morgan fingerprint density at radius 2 is 2.00 bits per heavy atom. The Bertz CT molecular complexity index is 557. The van der Waals surface area contributed by atoms with E-state index in [0.717, 1.165) is 5.56 Å². The molecule has 4 nitrogen and oxygen atoms in total. The number of aromatic carboxylic acids is 1. The van der Waals surface area contributed by atoms with E-state index in [1.807, 2.05) is 30.3 Å². The van der Waals surface area contributed by atoms with Gasteiger partial charge in [-0.2, -0.15) is 0 Å². The van der Waals surface area contributed by atoms with Gasteiger partial charge in [-0.25, -0.2) is 9.78 Å². The van der Waals surface area contributed by atoms with Gasteiger partial charge < -0.3 is 9.84 Å². The van der Waals surface area contributed by atoms with E-state index in [1.54, 1.807) is 0 Å². The Kier molecular flexibility index (Phi) is 3.79. The maximum absolute atomic E-state index is 11.0. The molecule has 92 valence electrons. The lowest BCUT2D eigenvalue weighted by Gasteiger charge is -2.09. The number of ether oxygens (including phenoxy) is 1. The van der Waals surface area contributed by atoms with Crippen LogP contribution in [0.2, 0.25) is 5.15 Å². The number of aromatic nitrogens is 1. The molecule has 0 unspecified atom stereocenters. The molecule has 1 heterocycles. The molecule has 1 N–H and O–H groups in total. The van der Waals surface area contributed by atoms with Crippen molar-refractivity contribution in [1.29, 1.82) is 0 Å². The molecule has 0 amide bonds. The van der Waals surface area contributed by atoms with Gasteiger partial charge in [0.05, 0.1) is 0 Å². The highest BCUT2D eigenvalue weighted by Crippen LogP contribution is 2.24. The molecule has 18 heavy (non-hydrogen) atoms. The van der Waals surface area contributed by atoms with E-state index in [0.29, 0.717) is 0 Å². The fourth-order valence-electron chi connectivity index (χ4n) is 1.47. The summed E-state index contributed by atoms with van der Waals surface area (Å²) in [5.74, 6) is -0.942. The number of benzene rings is 1. The van der Waals surface area contributed by atoms with Crippen molar-refractivity contribution in [3.05, 3.63) is 58.9 Å². The molecule has 0 saturated carbocycles. The standard InChI is InChI=1S/C13H10ClNO3/c14-12-11(13(16)17)10(6-7-15-12)18-8-9-4-2-1-3-5-9/h1-7H,8H2,(H,16,17). The topological polar surface area (TPSA) is 59.4 Å². The second kappa shape index (κ2) is 5.51. The number of hydrogen-bond acceptors (Lipinski definition) is 3. The first kappa shape index (κ1) is 12.4. The first-order valence-electron chi connectivity index (χ1n) is 5.23. The van der Waals surface area contributed by atoms with Crippen LogP contribution in [0.3, 0.4) is 0 Å².